The lowest BCUT2D eigenvalue weighted by atomic mass is 10.00. The maximum Gasteiger partial charge on any atom is 0.226 e. The number of carbonyl (C=O) groups excluding carboxylic acids is 1. The molecule has 1 heterocycles. The van der Waals surface area contributed by atoms with Crippen molar-refractivity contribution in [1.29, 1.82) is 0 Å². The van der Waals surface area contributed by atoms with Crippen molar-refractivity contribution in [1.82, 2.24) is 4.90 Å². The van der Waals surface area contributed by atoms with Crippen LogP contribution >= 0.6 is 0 Å². The normalized spacial score (nSPS) is 20.1. The first kappa shape index (κ1) is 14.0. The van der Waals surface area contributed by atoms with E-state index in [0.29, 0.717) is 19.8 Å². The van der Waals surface area contributed by atoms with E-state index in [9.17, 15) is 9.90 Å². The van der Waals surface area contributed by atoms with Crippen LogP contribution in [0.5, 0.6) is 0 Å². The maximum absolute atomic E-state index is 12.3. The van der Waals surface area contributed by atoms with Gasteiger partial charge in [0.25, 0.3) is 0 Å². The molecule has 1 aromatic carbocycles. The third-order valence-electron chi connectivity index (χ3n) is 3.50. The Morgan fingerprint density at radius 1 is 1.42 bits per heavy atom. The van der Waals surface area contributed by atoms with Gasteiger partial charge in [-0.25, -0.2) is 0 Å². The van der Waals surface area contributed by atoms with Gasteiger partial charge in [-0.3, -0.25) is 4.79 Å². The molecule has 2 rings (SSSR count). The molecule has 1 amide bonds. The van der Waals surface area contributed by atoms with Crippen molar-refractivity contribution in [3.05, 3.63) is 35.9 Å². The number of rotatable bonds is 3. The van der Waals surface area contributed by atoms with Crippen LogP contribution in [0.4, 0.5) is 0 Å². The van der Waals surface area contributed by atoms with E-state index in [0.717, 1.165) is 5.56 Å². The highest BCUT2D eigenvalue weighted by atomic mass is 16.5. The van der Waals surface area contributed by atoms with Gasteiger partial charge >= 0.3 is 0 Å². The zero-order valence-corrected chi connectivity index (χ0v) is 11.5. The average Bonchev–Trinajstić information content (AvgIpc) is 2.39. The topological polar surface area (TPSA) is 49.8 Å². The summed E-state index contributed by atoms with van der Waals surface area (Å²) in [5.41, 5.74) is 0.480. The molecule has 19 heavy (non-hydrogen) atoms. The summed E-state index contributed by atoms with van der Waals surface area (Å²) < 4.78 is 5.40. The van der Waals surface area contributed by atoms with Crippen LogP contribution in [-0.2, 0) is 9.53 Å². The van der Waals surface area contributed by atoms with Crippen LogP contribution in [0.1, 0.15) is 31.9 Å². The maximum atomic E-state index is 12.3. The van der Waals surface area contributed by atoms with Crippen LogP contribution in [0.15, 0.2) is 30.3 Å². The molecule has 1 unspecified atom stereocenters. The molecule has 0 radical (unpaired) electrons. The smallest absolute Gasteiger partial charge is 0.226 e. The second-order valence-corrected chi connectivity index (χ2v) is 5.54. The van der Waals surface area contributed by atoms with E-state index in [4.69, 9.17) is 4.74 Å². The van der Waals surface area contributed by atoms with E-state index in [1.807, 2.05) is 49.1 Å². The van der Waals surface area contributed by atoms with Crippen molar-refractivity contribution in [2.75, 3.05) is 19.8 Å². The Bertz CT molecular complexity index is 430. The average molecular weight is 263 g/mol. The molecule has 1 N–H and O–H groups in total. The third-order valence-corrected chi connectivity index (χ3v) is 3.50. The number of morpholine rings is 1. The van der Waals surface area contributed by atoms with Gasteiger partial charge in [0.1, 0.15) is 0 Å². The van der Waals surface area contributed by atoms with Gasteiger partial charge in [0, 0.05) is 6.54 Å². The SMILES string of the molecule is CC1(C)COCCN1C(=O)CC(O)c1ccccc1. The number of benzene rings is 1. The molecule has 0 bridgehead atoms. The number of nitrogens with zero attached hydrogens (tertiary/aromatic N) is 1. The number of amides is 1. The first-order chi connectivity index (χ1) is 9.00. The standard InChI is InChI=1S/C15H21NO3/c1-15(2)11-19-9-8-16(15)14(18)10-13(17)12-6-4-3-5-7-12/h3-7,13,17H,8-11H2,1-2H3. The molecule has 0 aromatic heterocycles. The molecule has 1 fully saturated rings. The number of aliphatic hydroxyl groups excluding tert-OH is 1. The third kappa shape index (κ3) is 3.33. The Hall–Kier alpha value is -1.39. The fraction of sp³-hybridized carbons (Fsp3) is 0.533. The summed E-state index contributed by atoms with van der Waals surface area (Å²) in [5, 5.41) is 10.1. The highest BCUT2D eigenvalue weighted by Crippen LogP contribution is 2.23. The van der Waals surface area contributed by atoms with Gasteiger partial charge in [0.05, 0.1) is 31.3 Å². The van der Waals surface area contributed by atoms with E-state index in [-0.39, 0.29) is 17.9 Å². The van der Waals surface area contributed by atoms with Crippen LogP contribution in [0.25, 0.3) is 0 Å². The molecular weight excluding hydrogens is 242 g/mol. The Morgan fingerprint density at radius 2 is 2.11 bits per heavy atom. The fourth-order valence-corrected chi connectivity index (χ4v) is 2.39. The van der Waals surface area contributed by atoms with Gasteiger partial charge in [-0.05, 0) is 19.4 Å². The second-order valence-electron chi connectivity index (χ2n) is 5.54. The van der Waals surface area contributed by atoms with Gasteiger partial charge in [-0.1, -0.05) is 30.3 Å². The molecule has 4 heteroatoms. The lowest BCUT2D eigenvalue weighted by Crippen LogP contribution is -2.55. The van der Waals surface area contributed by atoms with Crippen molar-refractivity contribution in [2.45, 2.75) is 31.9 Å². The minimum atomic E-state index is -0.743. The van der Waals surface area contributed by atoms with Gasteiger partial charge in [0.2, 0.25) is 5.91 Å². The minimum absolute atomic E-state index is 0.0235. The fourth-order valence-electron chi connectivity index (χ4n) is 2.39. The summed E-state index contributed by atoms with van der Waals surface area (Å²) in [6.45, 7) is 5.67. The summed E-state index contributed by atoms with van der Waals surface area (Å²) in [6.07, 6.45) is -0.625. The number of ether oxygens (including phenoxy) is 1. The quantitative estimate of drug-likeness (QED) is 0.904. The Labute approximate surface area is 114 Å². The van der Waals surface area contributed by atoms with Crippen molar-refractivity contribution in [3.8, 4) is 0 Å². The minimum Gasteiger partial charge on any atom is -0.388 e. The molecule has 1 aromatic rings. The van der Waals surface area contributed by atoms with Crippen LogP contribution < -0.4 is 0 Å². The lowest BCUT2D eigenvalue weighted by Gasteiger charge is -2.42. The second kappa shape index (κ2) is 5.72. The number of aliphatic hydroxyl groups is 1. The van der Waals surface area contributed by atoms with Crippen molar-refractivity contribution < 1.29 is 14.6 Å². The molecule has 4 nitrogen and oxygen atoms in total. The molecule has 1 aliphatic rings. The molecular formula is C15H21NO3. The zero-order valence-electron chi connectivity index (χ0n) is 11.5. The van der Waals surface area contributed by atoms with Gasteiger partial charge in [-0.15, -0.1) is 0 Å². The lowest BCUT2D eigenvalue weighted by molar-refractivity contribution is -0.148. The van der Waals surface area contributed by atoms with Crippen LogP contribution in [0.3, 0.4) is 0 Å². The predicted octanol–water partition coefficient (Wildman–Crippen LogP) is 1.75. The van der Waals surface area contributed by atoms with Crippen LogP contribution in [0.2, 0.25) is 0 Å². The molecule has 104 valence electrons. The Morgan fingerprint density at radius 3 is 2.74 bits per heavy atom. The number of hydrogen-bond acceptors (Lipinski definition) is 3. The molecule has 1 aliphatic heterocycles. The highest BCUT2D eigenvalue weighted by Gasteiger charge is 2.34. The summed E-state index contributed by atoms with van der Waals surface area (Å²) in [5.74, 6) is -0.0235. The van der Waals surface area contributed by atoms with E-state index in [1.54, 1.807) is 0 Å². The van der Waals surface area contributed by atoms with E-state index in [1.165, 1.54) is 0 Å². The predicted molar refractivity (Wildman–Crippen MR) is 72.6 cm³/mol. The van der Waals surface area contributed by atoms with Gasteiger partial charge < -0.3 is 14.7 Å². The number of carbonyl (C=O) groups is 1. The van der Waals surface area contributed by atoms with Crippen molar-refractivity contribution in [2.24, 2.45) is 0 Å². The van der Waals surface area contributed by atoms with Gasteiger partial charge in [-0.2, -0.15) is 0 Å². The summed E-state index contributed by atoms with van der Waals surface area (Å²) >= 11 is 0. The summed E-state index contributed by atoms with van der Waals surface area (Å²) in [7, 11) is 0. The zero-order chi connectivity index (χ0) is 13.9. The summed E-state index contributed by atoms with van der Waals surface area (Å²) in [6, 6.07) is 9.29. The largest absolute Gasteiger partial charge is 0.388 e. The Balaban J connectivity index is 2.01. The van der Waals surface area contributed by atoms with Gasteiger partial charge in [0.15, 0.2) is 0 Å². The molecule has 0 saturated carbocycles. The van der Waals surface area contributed by atoms with Crippen LogP contribution in [-0.4, -0.2) is 41.2 Å². The first-order valence-electron chi connectivity index (χ1n) is 6.62. The van der Waals surface area contributed by atoms with E-state index < -0.39 is 6.10 Å². The molecule has 1 atom stereocenters. The Kier molecular flexibility index (Phi) is 4.22. The summed E-state index contributed by atoms with van der Waals surface area (Å²) in [4.78, 5) is 14.1. The first-order valence-corrected chi connectivity index (χ1v) is 6.62. The van der Waals surface area contributed by atoms with Crippen molar-refractivity contribution >= 4 is 5.91 Å². The van der Waals surface area contributed by atoms with E-state index >= 15 is 0 Å². The number of hydrogen-bond donors (Lipinski definition) is 1. The van der Waals surface area contributed by atoms with E-state index in [2.05, 4.69) is 0 Å². The van der Waals surface area contributed by atoms with Crippen molar-refractivity contribution in [3.63, 3.8) is 0 Å². The molecule has 0 spiro atoms. The molecule has 1 saturated heterocycles. The van der Waals surface area contributed by atoms with Crippen LogP contribution in [0, 0.1) is 0 Å². The monoisotopic (exact) mass is 263 g/mol. The molecule has 0 aliphatic carbocycles. The highest BCUT2D eigenvalue weighted by molar-refractivity contribution is 5.77.